The zero-order valence-electron chi connectivity index (χ0n) is 8.14. The summed E-state index contributed by atoms with van der Waals surface area (Å²) in [7, 11) is 0. The number of carbonyl (C=O) groups excluding carboxylic acids is 1. The van der Waals surface area contributed by atoms with Crippen LogP contribution in [0.15, 0.2) is 12.3 Å². The van der Waals surface area contributed by atoms with Gasteiger partial charge >= 0.3 is 5.97 Å². The normalized spacial score (nSPS) is 10.1. The minimum Gasteiger partial charge on any atom is -0.461 e. The van der Waals surface area contributed by atoms with Crippen molar-refractivity contribution in [2.75, 3.05) is 13.2 Å². The van der Waals surface area contributed by atoms with Gasteiger partial charge in [0.2, 0.25) is 0 Å². The molecule has 14 heavy (non-hydrogen) atoms. The molecule has 0 fully saturated rings. The third-order valence-corrected chi connectivity index (χ3v) is 1.73. The lowest BCUT2D eigenvalue weighted by molar-refractivity contribution is 0.0511. The number of aliphatic hydroxyl groups is 1. The number of aryl methyl sites for hydroxylation is 1. The fraction of sp³-hybridized carbons (Fsp3) is 0.556. The molecule has 0 spiro atoms. The molecule has 5 heteroatoms. The van der Waals surface area contributed by atoms with E-state index in [1.54, 1.807) is 19.2 Å². The molecule has 0 atom stereocenters. The molecule has 0 bridgehead atoms. The molecule has 5 nitrogen and oxygen atoms in total. The molecule has 1 heterocycles. The molecule has 0 saturated heterocycles. The summed E-state index contributed by atoms with van der Waals surface area (Å²) in [5, 5.41) is 12.6. The molecule has 0 amide bonds. The van der Waals surface area contributed by atoms with Crippen LogP contribution in [0.4, 0.5) is 0 Å². The van der Waals surface area contributed by atoms with E-state index >= 15 is 0 Å². The Morgan fingerprint density at radius 3 is 3.14 bits per heavy atom. The Kier molecular flexibility index (Phi) is 4.12. The van der Waals surface area contributed by atoms with Crippen LogP contribution in [-0.2, 0) is 11.3 Å². The molecule has 0 aliphatic rings. The molecule has 0 aliphatic heterocycles. The monoisotopic (exact) mass is 198 g/mol. The van der Waals surface area contributed by atoms with Crippen molar-refractivity contribution >= 4 is 5.97 Å². The van der Waals surface area contributed by atoms with Crippen LogP contribution in [0.3, 0.4) is 0 Å². The summed E-state index contributed by atoms with van der Waals surface area (Å²) in [5.74, 6) is -0.372. The number of aliphatic hydroxyl groups excluding tert-OH is 1. The highest BCUT2D eigenvalue weighted by atomic mass is 16.5. The second kappa shape index (κ2) is 5.39. The smallest absolute Gasteiger partial charge is 0.356 e. The zero-order valence-corrected chi connectivity index (χ0v) is 8.14. The maximum Gasteiger partial charge on any atom is 0.356 e. The Morgan fingerprint density at radius 1 is 1.71 bits per heavy atom. The molecule has 0 radical (unpaired) electrons. The van der Waals surface area contributed by atoms with Gasteiger partial charge in [-0.05, 0) is 19.4 Å². The zero-order chi connectivity index (χ0) is 10.4. The van der Waals surface area contributed by atoms with Gasteiger partial charge < -0.3 is 9.84 Å². The van der Waals surface area contributed by atoms with E-state index in [4.69, 9.17) is 9.84 Å². The second-order valence-electron chi connectivity index (χ2n) is 2.74. The molecule has 1 aromatic heterocycles. The van der Waals surface area contributed by atoms with Gasteiger partial charge in [0.25, 0.3) is 0 Å². The van der Waals surface area contributed by atoms with Gasteiger partial charge in [0.15, 0.2) is 0 Å². The third-order valence-electron chi connectivity index (χ3n) is 1.73. The molecular formula is C9H14N2O3. The van der Waals surface area contributed by atoms with Crippen molar-refractivity contribution < 1.29 is 14.6 Å². The van der Waals surface area contributed by atoms with Gasteiger partial charge in [0.05, 0.1) is 6.61 Å². The van der Waals surface area contributed by atoms with Crippen molar-refractivity contribution in [2.24, 2.45) is 0 Å². The average molecular weight is 198 g/mol. The summed E-state index contributed by atoms with van der Waals surface area (Å²) >= 11 is 0. The first-order valence-electron chi connectivity index (χ1n) is 4.59. The standard InChI is InChI=1S/C9H14N2O3/c1-2-14-9(13)8-4-5-10-11(8)6-3-7-12/h4-5,12H,2-3,6-7H2,1H3. The highest BCUT2D eigenvalue weighted by Gasteiger charge is 2.11. The molecule has 0 unspecified atom stereocenters. The Hall–Kier alpha value is -1.36. The molecule has 78 valence electrons. The number of hydrogen-bond donors (Lipinski definition) is 1. The van der Waals surface area contributed by atoms with Gasteiger partial charge in [0.1, 0.15) is 5.69 Å². The van der Waals surface area contributed by atoms with Crippen molar-refractivity contribution in [2.45, 2.75) is 19.9 Å². The van der Waals surface area contributed by atoms with Crippen LogP contribution in [0, 0.1) is 0 Å². The minimum atomic E-state index is -0.372. The summed E-state index contributed by atoms with van der Waals surface area (Å²) < 4.78 is 6.38. The van der Waals surface area contributed by atoms with Crippen molar-refractivity contribution in [3.63, 3.8) is 0 Å². The number of ether oxygens (including phenoxy) is 1. The van der Waals surface area contributed by atoms with Crippen molar-refractivity contribution in [3.8, 4) is 0 Å². The number of nitrogens with zero attached hydrogens (tertiary/aromatic N) is 2. The quantitative estimate of drug-likeness (QED) is 0.697. The van der Waals surface area contributed by atoms with E-state index in [0.717, 1.165) is 0 Å². The highest BCUT2D eigenvalue weighted by molar-refractivity contribution is 5.87. The number of rotatable bonds is 5. The van der Waals surface area contributed by atoms with E-state index in [9.17, 15) is 4.79 Å². The molecule has 1 N–H and O–H groups in total. The maximum atomic E-state index is 11.3. The van der Waals surface area contributed by atoms with Gasteiger partial charge in [-0.25, -0.2) is 4.79 Å². The predicted octanol–water partition coefficient (Wildman–Crippen LogP) is 0.442. The van der Waals surface area contributed by atoms with Crippen LogP contribution in [0.25, 0.3) is 0 Å². The summed E-state index contributed by atoms with van der Waals surface area (Å²) in [4.78, 5) is 11.3. The lowest BCUT2D eigenvalue weighted by Gasteiger charge is -2.05. The average Bonchev–Trinajstić information content (AvgIpc) is 2.63. The molecular weight excluding hydrogens is 184 g/mol. The Labute approximate surface area is 82.3 Å². The Morgan fingerprint density at radius 2 is 2.50 bits per heavy atom. The number of carbonyl (C=O) groups is 1. The van der Waals surface area contributed by atoms with Crippen LogP contribution in [0.5, 0.6) is 0 Å². The second-order valence-corrected chi connectivity index (χ2v) is 2.74. The van der Waals surface area contributed by atoms with Crippen molar-refractivity contribution in [3.05, 3.63) is 18.0 Å². The first-order valence-corrected chi connectivity index (χ1v) is 4.59. The van der Waals surface area contributed by atoms with Crippen LogP contribution in [0.2, 0.25) is 0 Å². The summed E-state index contributed by atoms with van der Waals surface area (Å²) in [5.41, 5.74) is 0.431. The van der Waals surface area contributed by atoms with Crippen LogP contribution in [0.1, 0.15) is 23.8 Å². The van der Waals surface area contributed by atoms with Gasteiger partial charge in [-0.2, -0.15) is 5.10 Å². The first kappa shape index (κ1) is 10.7. The largest absolute Gasteiger partial charge is 0.461 e. The lowest BCUT2D eigenvalue weighted by atomic mass is 10.4. The summed E-state index contributed by atoms with van der Waals surface area (Å²) in [6.07, 6.45) is 2.12. The lowest BCUT2D eigenvalue weighted by Crippen LogP contribution is -2.13. The van der Waals surface area contributed by atoms with E-state index in [0.29, 0.717) is 25.3 Å². The van der Waals surface area contributed by atoms with Gasteiger partial charge in [-0.15, -0.1) is 0 Å². The molecule has 0 aliphatic carbocycles. The molecule has 0 saturated carbocycles. The number of hydrogen-bond acceptors (Lipinski definition) is 4. The van der Waals surface area contributed by atoms with Gasteiger partial charge in [-0.3, -0.25) is 4.68 Å². The summed E-state index contributed by atoms with van der Waals surface area (Å²) in [6, 6.07) is 1.61. The molecule has 1 rings (SSSR count). The Balaban J connectivity index is 2.66. The van der Waals surface area contributed by atoms with Crippen LogP contribution in [-0.4, -0.2) is 34.1 Å². The van der Waals surface area contributed by atoms with Gasteiger partial charge in [0, 0.05) is 19.3 Å². The van der Waals surface area contributed by atoms with Gasteiger partial charge in [-0.1, -0.05) is 0 Å². The van der Waals surface area contributed by atoms with Crippen molar-refractivity contribution in [1.29, 1.82) is 0 Å². The van der Waals surface area contributed by atoms with E-state index in [1.807, 2.05) is 0 Å². The van der Waals surface area contributed by atoms with E-state index in [1.165, 1.54) is 4.68 Å². The minimum absolute atomic E-state index is 0.0854. The highest BCUT2D eigenvalue weighted by Crippen LogP contribution is 2.02. The molecule has 1 aromatic rings. The van der Waals surface area contributed by atoms with E-state index in [2.05, 4.69) is 5.10 Å². The van der Waals surface area contributed by atoms with E-state index < -0.39 is 0 Å². The van der Waals surface area contributed by atoms with Crippen LogP contribution >= 0.6 is 0 Å². The number of aromatic nitrogens is 2. The number of esters is 1. The van der Waals surface area contributed by atoms with Crippen LogP contribution < -0.4 is 0 Å². The Bertz CT molecular complexity index is 296. The summed E-state index contributed by atoms with van der Waals surface area (Å²) in [6.45, 7) is 2.72. The third kappa shape index (κ3) is 2.56. The SMILES string of the molecule is CCOC(=O)c1ccnn1CCCO. The molecule has 0 aromatic carbocycles. The first-order chi connectivity index (χ1) is 6.79. The maximum absolute atomic E-state index is 11.3. The predicted molar refractivity (Wildman–Crippen MR) is 49.9 cm³/mol. The topological polar surface area (TPSA) is 64.3 Å². The fourth-order valence-electron chi connectivity index (χ4n) is 1.11. The van der Waals surface area contributed by atoms with Crippen molar-refractivity contribution in [1.82, 2.24) is 9.78 Å². The van der Waals surface area contributed by atoms with E-state index in [-0.39, 0.29) is 12.6 Å². The fourth-order valence-corrected chi connectivity index (χ4v) is 1.11.